The van der Waals surface area contributed by atoms with Gasteiger partial charge in [-0.3, -0.25) is 4.52 Å². The Hall–Kier alpha value is 0.0700. The first-order valence-corrected chi connectivity index (χ1v) is 6.34. The van der Waals surface area contributed by atoms with Gasteiger partial charge in [0.25, 0.3) is 0 Å². The molecule has 3 N–H and O–H groups in total. The zero-order valence-electron chi connectivity index (χ0n) is 8.56. The third kappa shape index (κ3) is 3.67. The van der Waals surface area contributed by atoms with E-state index in [4.69, 9.17) is 14.3 Å². The third-order valence-electron chi connectivity index (χ3n) is 2.50. The van der Waals surface area contributed by atoms with Gasteiger partial charge in [-0.15, -0.1) is 0 Å². The Labute approximate surface area is 84.1 Å². The standard InChI is InChI=1S/C8H18NO4P/c1-8(2,13-14(10,11)12)7-5-3-4-6-9-7/h7,9H,3-6H2,1-2H3,(H2,10,11,12). The molecule has 1 aliphatic rings. The maximum Gasteiger partial charge on any atom is 0.470 e. The SMILES string of the molecule is CC(C)(OP(=O)(O)O)C1CCCCN1. The number of phosphoric ester groups is 1. The van der Waals surface area contributed by atoms with Crippen molar-refractivity contribution in [3.8, 4) is 0 Å². The third-order valence-corrected chi connectivity index (χ3v) is 3.21. The van der Waals surface area contributed by atoms with Crippen LogP contribution in [0.25, 0.3) is 0 Å². The predicted octanol–water partition coefficient (Wildman–Crippen LogP) is 1.02. The van der Waals surface area contributed by atoms with E-state index in [0.717, 1.165) is 25.8 Å². The lowest BCUT2D eigenvalue weighted by molar-refractivity contribution is 0.0232. The van der Waals surface area contributed by atoms with E-state index < -0.39 is 13.4 Å². The van der Waals surface area contributed by atoms with Gasteiger partial charge in [0, 0.05) is 6.04 Å². The second kappa shape index (κ2) is 4.29. The molecule has 1 saturated heterocycles. The molecule has 1 atom stereocenters. The van der Waals surface area contributed by atoms with Crippen LogP contribution in [-0.2, 0) is 9.09 Å². The van der Waals surface area contributed by atoms with Gasteiger partial charge in [-0.25, -0.2) is 4.57 Å². The second-order valence-corrected chi connectivity index (χ2v) is 5.35. The van der Waals surface area contributed by atoms with E-state index in [1.165, 1.54) is 0 Å². The van der Waals surface area contributed by atoms with E-state index in [1.807, 2.05) is 0 Å². The van der Waals surface area contributed by atoms with Crippen LogP contribution in [0.15, 0.2) is 0 Å². The number of rotatable bonds is 3. The first-order valence-electron chi connectivity index (χ1n) is 4.81. The van der Waals surface area contributed by atoms with Crippen molar-refractivity contribution in [1.82, 2.24) is 5.32 Å². The summed E-state index contributed by atoms with van der Waals surface area (Å²) in [5.41, 5.74) is -0.820. The van der Waals surface area contributed by atoms with Gasteiger partial charge < -0.3 is 15.1 Å². The van der Waals surface area contributed by atoms with Crippen LogP contribution in [0.5, 0.6) is 0 Å². The second-order valence-electron chi connectivity index (χ2n) is 4.19. The highest BCUT2D eigenvalue weighted by atomic mass is 31.2. The normalized spacial score (nSPS) is 25.0. The minimum absolute atomic E-state index is 0.0175. The van der Waals surface area contributed by atoms with Gasteiger partial charge in [-0.05, 0) is 33.2 Å². The fourth-order valence-electron chi connectivity index (χ4n) is 1.82. The smallest absolute Gasteiger partial charge is 0.311 e. The Kier molecular flexibility index (Phi) is 3.72. The van der Waals surface area contributed by atoms with Crippen molar-refractivity contribution >= 4 is 7.82 Å². The molecule has 5 nitrogen and oxygen atoms in total. The van der Waals surface area contributed by atoms with Crippen LogP contribution < -0.4 is 5.32 Å². The number of hydrogen-bond acceptors (Lipinski definition) is 3. The van der Waals surface area contributed by atoms with Gasteiger partial charge in [-0.2, -0.15) is 0 Å². The van der Waals surface area contributed by atoms with Crippen molar-refractivity contribution in [3.63, 3.8) is 0 Å². The maximum absolute atomic E-state index is 10.7. The number of nitrogens with one attached hydrogen (secondary N) is 1. The first kappa shape index (κ1) is 12.1. The van der Waals surface area contributed by atoms with Crippen LogP contribution in [0.4, 0.5) is 0 Å². The van der Waals surface area contributed by atoms with Gasteiger partial charge in [-0.1, -0.05) is 6.42 Å². The fourth-order valence-corrected chi connectivity index (χ4v) is 2.56. The van der Waals surface area contributed by atoms with Crippen LogP contribution in [0.2, 0.25) is 0 Å². The summed E-state index contributed by atoms with van der Waals surface area (Å²) in [6.45, 7) is 4.29. The number of hydrogen-bond donors (Lipinski definition) is 3. The van der Waals surface area contributed by atoms with Gasteiger partial charge in [0.2, 0.25) is 0 Å². The van der Waals surface area contributed by atoms with E-state index >= 15 is 0 Å². The zero-order valence-corrected chi connectivity index (χ0v) is 9.46. The highest BCUT2D eigenvalue weighted by Crippen LogP contribution is 2.43. The van der Waals surface area contributed by atoms with Crippen LogP contribution in [-0.4, -0.2) is 28.0 Å². The van der Waals surface area contributed by atoms with Crippen molar-refractivity contribution in [2.75, 3.05) is 6.54 Å². The molecule has 6 heteroatoms. The summed E-state index contributed by atoms with van der Waals surface area (Å²) in [7, 11) is -4.39. The summed E-state index contributed by atoms with van der Waals surface area (Å²) in [5.74, 6) is 0. The predicted molar refractivity (Wildman–Crippen MR) is 52.8 cm³/mol. The average molecular weight is 223 g/mol. The van der Waals surface area contributed by atoms with Crippen molar-refractivity contribution < 1.29 is 18.9 Å². The first-order chi connectivity index (χ1) is 6.31. The van der Waals surface area contributed by atoms with Crippen molar-refractivity contribution in [3.05, 3.63) is 0 Å². The Morgan fingerprint density at radius 1 is 1.43 bits per heavy atom. The van der Waals surface area contributed by atoms with E-state index in [1.54, 1.807) is 13.8 Å². The van der Waals surface area contributed by atoms with E-state index in [2.05, 4.69) is 5.32 Å². The Morgan fingerprint density at radius 3 is 2.50 bits per heavy atom. The van der Waals surface area contributed by atoms with Gasteiger partial charge in [0.15, 0.2) is 0 Å². The Balaban J connectivity index is 2.58. The lowest BCUT2D eigenvalue weighted by Gasteiger charge is -2.37. The molecule has 0 aromatic heterocycles. The van der Waals surface area contributed by atoms with Crippen LogP contribution in [0.3, 0.4) is 0 Å². The number of phosphoric acid groups is 1. The minimum atomic E-state index is -4.39. The van der Waals surface area contributed by atoms with E-state index in [9.17, 15) is 4.57 Å². The molecular formula is C8H18NO4P. The Morgan fingerprint density at radius 2 is 2.07 bits per heavy atom. The minimum Gasteiger partial charge on any atom is -0.311 e. The molecule has 0 amide bonds. The van der Waals surface area contributed by atoms with Crippen molar-refractivity contribution in [2.45, 2.75) is 44.8 Å². The summed E-state index contributed by atoms with van der Waals surface area (Å²) in [5, 5.41) is 3.21. The lowest BCUT2D eigenvalue weighted by atomic mass is 9.91. The molecule has 0 aliphatic carbocycles. The highest BCUT2D eigenvalue weighted by Gasteiger charge is 2.36. The maximum atomic E-state index is 10.7. The summed E-state index contributed by atoms with van der Waals surface area (Å²) in [6.07, 6.45) is 3.08. The molecule has 0 bridgehead atoms. The number of piperidine rings is 1. The van der Waals surface area contributed by atoms with E-state index in [-0.39, 0.29) is 6.04 Å². The van der Waals surface area contributed by atoms with Gasteiger partial charge in [0.05, 0.1) is 5.60 Å². The van der Waals surface area contributed by atoms with Crippen LogP contribution in [0.1, 0.15) is 33.1 Å². The molecule has 0 saturated carbocycles. The van der Waals surface area contributed by atoms with Crippen molar-refractivity contribution in [1.29, 1.82) is 0 Å². The molecule has 1 aliphatic heterocycles. The summed E-state index contributed by atoms with van der Waals surface area (Å²) in [4.78, 5) is 17.5. The molecule has 1 fully saturated rings. The van der Waals surface area contributed by atoms with Crippen molar-refractivity contribution in [2.24, 2.45) is 0 Å². The topological polar surface area (TPSA) is 78.8 Å². The molecule has 1 unspecified atom stereocenters. The monoisotopic (exact) mass is 223 g/mol. The lowest BCUT2D eigenvalue weighted by Crippen LogP contribution is -2.50. The Bertz CT molecular complexity index is 231. The molecule has 0 radical (unpaired) electrons. The summed E-state index contributed by atoms with van der Waals surface area (Å²) >= 11 is 0. The van der Waals surface area contributed by atoms with E-state index in [0.29, 0.717) is 0 Å². The zero-order chi connectivity index (χ0) is 10.8. The molecule has 0 aromatic rings. The molecule has 1 rings (SSSR count). The molecule has 0 aromatic carbocycles. The van der Waals surface area contributed by atoms with Gasteiger partial charge >= 0.3 is 7.82 Å². The summed E-state index contributed by atoms with van der Waals surface area (Å²) in [6, 6.07) is 0.0175. The largest absolute Gasteiger partial charge is 0.470 e. The van der Waals surface area contributed by atoms with Crippen LogP contribution in [0, 0.1) is 0 Å². The highest BCUT2D eigenvalue weighted by molar-refractivity contribution is 7.46. The quantitative estimate of drug-likeness (QED) is 0.622. The molecular weight excluding hydrogens is 205 g/mol. The summed E-state index contributed by atoms with van der Waals surface area (Å²) < 4.78 is 15.5. The molecule has 0 spiro atoms. The van der Waals surface area contributed by atoms with Gasteiger partial charge in [0.1, 0.15) is 0 Å². The molecule has 84 valence electrons. The molecule has 1 heterocycles. The average Bonchev–Trinajstić information content (AvgIpc) is 2.01. The van der Waals surface area contributed by atoms with Crippen LogP contribution >= 0.6 is 7.82 Å². The fraction of sp³-hybridized carbons (Fsp3) is 1.00. The molecule has 14 heavy (non-hydrogen) atoms.